The molecule has 0 aromatic heterocycles. The molecular formula is C12H16N2O4S. The second-order valence-electron chi connectivity index (χ2n) is 4.48. The molecule has 0 bridgehead atoms. The smallest absolute Gasteiger partial charge is 0.253 e. The van der Waals surface area contributed by atoms with E-state index in [1.54, 1.807) is 12.1 Å². The van der Waals surface area contributed by atoms with Crippen molar-refractivity contribution < 1.29 is 17.9 Å². The van der Waals surface area contributed by atoms with Gasteiger partial charge in [-0.2, -0.15) is 0 Å². The highest BCUT2D eigenvalue weighted by atomic mass is 32.2. The first kappa shape index (κ1) is 13.7. The minimum Gasteiger partial charge on any atom is -0.490 e. The number of amides is 1. The lowest BCUT2D eigenvalue weighted by Gasteiger charge is -2.12. The Hall–Kier alpha value is -1.76. The van der Waals surface area contributed by atoms with E-state index in [4.69, 9.17) is 4.74 Å². The average molecular weight is 284 g/mol. The molecule has 0 aliphatic heterocycles. The van der Waals surface area contributed by atoms with E-state index in [-0.39, 0.29) is 23.3 Å². The maximum absolute atomic E-state index is 11.7. The average Bonchev–Trinajstić information content (AvgIpc) is 3.10. The van der Waals surface area contributed by atoms with Crippen molar-refractivity contribution in [2.75, 3.05) is 18.0 Å². The van der Waals surface area contributed by atoms with Crippen molar-refractivity contribution in [3.8, 4) is 5.75 Å². The zero-order valence-corrected chi connectivity index (χ0v) is 11.6. The van der Waals surface area contributed by atoms with Crippen molar-refractivity contribution in [2.24, 2.45) is 0 Å². The minimum absolute atomic E-state index is 0.205. The van der Waals surface area contributed by atoms with Gasteiger partial charge >= 0.3 is 0 Å². The fourth-order valence-corrected chi connectivity index (χ4v) is 2.16. The summed E-state index contributed by atoms with van der Waals surface area (Å²) in [5.74, 6) is 0.199. The number of anilines is 1. The van der Waals surface area contributed by atoms with Crippen molar-refractivity contribution in [3.63, 3.8) is 0 Å². The van der Waals surface area contributed by atoms with Crippen molar-refractivity contribution in [2.45, 2.75) is 18.9 Å². The third-order valence-corrected chi connectivity index (χ3v) is 3.18. The molecule has 0 saturated heterocycles. The lowest BCUT2D eigenvalue weighted by molar-refractivity contribution is 0.0964. The van der Waals surface area contributed by atoms with Gasteiger partial charge in [0, 0.05) is 13.1 Å². The number of carbonyl (C=O) groups is 1. The highest BCUT2D eigenvalue weighted by molar-refractivity contribution is 7.92. The standard InChI is InChI=1S/C12H16N2O4S/c1-13-12(15)10-6-5-9(18-8-3-4-8)7-11(10)14-19(2,16)17/h5-8,14H,3-4H2,1-2H3,(H,13,15). The summed E-state index contributed by atoms with van der Waals surface area (Å²) in [6.45, 7) is 0. The van der Waals surface area contributed by atoms with Gasteiger partial charge in [0.05, 0.1) is 23.6 Å². The molecule has 19 heavy (non-hydrogen) atoms. The van der Waals surface area contributed by atoms with Crippen LogP contribution < -0.4 is 14.8 Å². The van der Waals surface area contributed by atoms with Crippen LogP contribution in [0.4, 0.5) is 5.69 Å². The fourth-order valence-electron chi connectivity index (χ4n) is 1.59. The number of hydrogen-bond acceptors (Lipinski definition) is 4. The predicted molar refractivity (Wildman–Crippen MR) is 71.9 cm³/mol. The molecule has 0 heterocycles. The third kappa shape index (κ3) is 3.85. The summed E-state index contributed by atoms with van der Waals surface area (Å²) < 4.78 is 30.6. The van der Waals surface area contributed by atoms with Crippen molar-refractivity contribution in [1.82, 2.24) is 5.32 Å². The van der Waals surface area contributed by atoms with Crippen LogP contribution in [0.2, 0.25) is 0 Å². The number of carbonyl (C=O) groups excluding carboxylic acids is 1. The van der Waals surface area contributed by atoms with Crippen LogP contribution in [0.1, 0.15) is 23.2 Å². The second-order valence-corrected chi connectivity index (χ2v) is 6.23. The number of rotatable bonds is 5. The number of sulfonamides is 1. The van der Waals surface area contributed by atoms with E-state index >= 15 is 0 Å². The SMILES string of the molecule is CNC(=O)c1ccc(OC2CC2)cc1NS(C)(=O)=O. The maximum Gasteiger partial charge on any atom is 0.253 e. The molecule has 7 heteroatoms. The Morgan fingerprint density at radius 3 is 2.58 bits per heavy atom. The molecule has 0 atom stereocenters. The van der Waals surface area contributed by atoms with Crippen LogP contribution in [0.3, 0.4) is 0 Å². The molecule has 104 valence electrons. The normalized spacial score (nSPS) is 14.8. The van der Waals surface area contributed by atoms with Crippen LogP contribution in [-0.2, 0) is 10.0 Å². The van der Waals surface area contributed by atoms with E-state index in [2.05, 4.69) is 10.0 Å². The van der Waals surface area contributed by atoms with Crippen LogP contribution >= 0.6 is 0 Å². The highest BCUT2D eigenvalue weighted by Crippen LogP contribution is 2.30. The van der Waals surface area contributed by atoms with E-state index in [1.165, 1.54) is 13.1 Å². The van der Waals surface area contributed by atoms with Gasteiger partial charge in [-0.05, 0) is 25.0 Å². The number of ether oxygens (including phenoxy) is 1. The van der Waals surface area contributed by atoms with Crippen molar-refractivity contribution in [3.05, 3.63) is 23.8 Å². The largest absolute Gasteiger partial charge is 0.490 e. The molecule has 2 N–H and O–H groups in total. The first-order valence-electron chi connectivity index (χ1n) is 5.89. The molecule has 1 aromatic rings. The molecule has 0 unspecified atom stereocenters. The van der Waals surface area contributed by atoms with Gasteiger partial charge in [-0.25, -0.2) is 8.42 Å². The summed E-state index contributed by atoms with van der Waals surface area (Å²) in [5.41, 5.74) is 0.482. The number of nitrogens with one attached hydrogen (secondary N) is 2. The molecule has 0 radical (unpaired) electrons. The Morgan fingerprint density at radius 2 is 2.05 bits per heavy atom. The Labute approximate surface area is 112 Å². The zero-order valence-electron chi connectivity index (χ0n) is 10.8. The van der Waals surface area contributed by atoms with Crippen molar-refractivity contribution >= 4 is 21.6 Å². The molecule has 1 fully saturated rings. The minimum atomic E-state index is -3.46. The van der Waals surface area contributed by atoms with Gasteiger partial charge in [-0.3, -0.25) is 9.52 Å². The van der Waals surface area contributed by atoms with Gasteiger partial charge in [0.1, 0.15) is 5.75 Å². The van der Waals surface area contributed by atoms with Gasteiger partial charge in [-0.15, -0.1) is 0 Å². The lowest BCUT2D eigenvalue weighted by atomic mass is 10.1. The van der Waals surface area contributed by atoms with Gasteiger partial charge in [0.2, 0.25) is 10.0 Å². The maximum atomic E-state index is 11.7. The topological polar surface area (TPSA) is 84.5 Å². The van der Waals surface area contributed by atoms with Gasteiger partial charge < -0.3 is 10.1 Å². The summed E-state index contributed by atoms with van der Waals surface area (Å²) in [5, 5.41) is 2.47. The molecule has 6 nitrogen and oxygen atoms in total. The molecule has 0 spiro atoms. The summed E-state index contributed by atoms with van der Waals surface area (Å²) in [6.07, 6.45) is 3.25. The van der Waals surface area contributed by atoms with Crippen LogP contribution in [0.5, 0.6) is 5.75 Å². The zero-order chi connectivity index (χ0) is 14.0. The summed E-state index contributed by atoms with van der Waals surface area (Å²) in [4.78, 5) is 11.7. The molecule has 1 aromatic carbocycles. The second kappa shape index (κ2) is 5.08. The Kier molecular flexibility index (Phi) is 3.66. The molecular weight excluding hydrogens is 268 g/mol. The van der Waals surface area contributed by atoms with Gasteiger partial charge in [0.15, 0.2) is 0 Å². The third-order valence-electron chi connectivity index (χ3n) is 2.59. The molecule has 1 saturated carbocycles. The Balaban J connectivity index is 2.33. The van der Waals surface area contributed by atoms with Crippen LogP contribution in [0.25, 0.3) is 0 Å². The molecule has 2 rings (SSSR count). The van der Waals surface area contributed by atoms with Crippen LogP contribution in [-0.4, -0.2) is 33.7 Å². The first-order valence-corrected chi connectivity index (χ1v) is 7.79. The first-order chi connectivity index (χ1) is 8.89. The van der Waals surface area contributed by atoms with Gasteiger partial charge in [0.25, 0.3) is 5.91 Å². The van der Waals surface area contributed by atoms with E-state index in [9.17, 15) is 13.2 Å². The van der Waals surface area contributed by atoms with Crippen LogP contribution in [0.15, 0.2) is 18.2 Å². The van der Waals surface area contributed by atoms with E-state index < -0.39 is 10.0 Å². The number of benzene rings is 1. The van der Waals surface area contributed by atoms with Crippen molar-refractivity contribution in [1.29, 1.82) is 0 Å². The highest BCUT2D eigenvalue weighted by Gasteiger charge is 2.24. The Bertz CT molecular complexity index is 594. The molecule has 1 amide bonds. The quantitative estimate of drug-likeness (QED) is 0.843. The predicted octanol–water partition coefficient (Wildman–Crippen LogP) is 0.959. The summed E-state index contributed by atoms with van der Waals surface area (Å²) in [7, 11) is -1.97. The van der Waals surface area contributed by atoms with E-state index in [1.807, 2.05) is 0 Å². The molecule has 1 aliphatic rings. The summed E-state index contributed by atoms with van der Waals surface area (Å²) in [6, 6.07) is 4.74. The van der Waals surface area contributed by atoms with E-state index in [0.29, 0.717) is 5.75 Å². The summed E-state index contributed by atoms with van der Waals surface area (Å²) >= 11 is 0. The van der Waals surface area contributed by atoms with E-state index in [0.717, 1.165) is 19.1 Å². The lowest BCUT2D eigenvalue weighted by Crippen LogP contribution is -2.21. The Morgan fingerprint density at radius 1 is 1.37 bits per heavy atom. The fraction of sp³-hybridized carbons (Fsp3) is 0.417. The van der Waals surface area contributed by atoms with Gasteiger partial charge in [-0.1, -0.05) is 0 Å². The number of hydrogen-bond donors (Lipinski definition) is 2. The molecule has 1 aliphatic carbocycles. The monoisotopic (exact) mass is 284 g/mol. The van der Waals surface area contributed by atoms with Crippen LogP contribution in [0, 0.1) is 0 Å².